The first kappa shape index (κ1) is 26.8. The van der Waals surface area contributed by atoms with E-state index in [-0.39, 0.29) is 48.6 Å². The number of benzene rings is 1. The summed E-state index contributed by atoms with van der Waals surface area (Å²) in [6.07, 6.45) is 1.23. The predicted octanol–water partition coefficient (Wildman–Crippen LogP) is 3.33. The molecule has 10 nitrogen and oxygen atoms in total. The van der Waals surface area contributed by atoms with E-state index < -0.39 is 21.8 Å². The molecule has 2 N–H and O–H groups in total. The van der Waals surface area contributed by atoms with Gasteiger partial charge in [-0.05, 0) is 38.5 Å². The molecule has 2 aromatic heterocycles. The molecule has 1 saturated heterocycles. The summed E-state index contributed by atoms with van der Waals surface area (Å²) in [4.78, 5) is 36.3. The van der Waals surface area contributed by atoms with E-state index in [4.69, 9.17) is 11.6 Å². The number of hydrogen-bond donors (Lipinski definition) is 2. The van der Waals surface area contributed by atoms with Crippen LogP contribution < -0.4 is 5.32 Å². The number of amides is 1. The minimum absolute atomic E-state index is 0.00684. The molecule has 0 saturated carbocycles. The van der Waals surface area contributed by atoms with Crippen LogP contribution in [-0.2, 0) is 23.0 Å². The van der Waals surface area contributed by atoms with Crippen molar-refractivity contribution < 1.29 is 18.0 Å². The van der Waals surface area contributed by atoms with E-state index in [0.29, 0.717) is 33.9 Å². The fraction of sp³-hybridized carbons (Fsp3) is 0.440. The van der Waals surface area contributed by atoms with E-state index >= 15 is 0 Å². The molecule has 2 aliphatic heterocycles. The first-order valence-corrected chi connectivity index (χ1v) is 15.0. The molecule has 0 spiro atoms. The van der Waals surface area contributed by atoms with Gasteiger partial charge in [0, 0.05) is 71.9 Å². The number of aromatic nitrogens is 2. The summed E-state index contributed by atoms with van der Waals surface area (Å²) in [7, 11) is -4.12. The van der Waals surface area contributed by atoms with Crippen LogP contribution in [0.4, 0.5) is 0 Å². The van der Waals surface area contributed by atoms with Gasteiger partial charge >= 0.3 is 0 Å². The van der Waals surface area contributed by atoms with Gasteiger partial charge in [-0.15, -0.1) is 11.3 Å². The molecule has 200 valence electrons. The second-order valence-electron chi connectivity index (χ2n) is 9.66. The molecule has 3 aromatic rings. The molecule has 0 bridgehead atoms. The molecule has 13 heteroatoms. The molecule has 1 fully saturated rings. The summed E-state index contributed by atoms with van der Waals surface area (Å²) in [6.45, 7) is 4.26. The topological polar surface area (TPSA) is 139 Å². The van der Waals surface area contributed by atoms with E-state index in [1.54, 1.807) is 23.1 Å². The number of nitrogens with zero attached hydrogens (tertiary/aromatic N) is 4. The Morgan fingerprint density at radius 1 is 1.32 bits per heavy atom. The van der Waals surface area contributed by atoms with Crippen molar-refractivity contribution in [3.63, 3.8) is 0 Å². The average molecular weight is 575 g/mol. The number of nitriles is 1. The molecule has 0 aliphatic carbocycles. The number of carbonyl (C=O) groups excluding carboxylic acids is 2. The van der Waals surface area contributed by atoms with Gasteiger partial charge in [-0.25, -0.2) is 13.4 Å². The smallest absolute Gasteiger partial charge is 0.283 e. The van der Waals surface area contributed by atoms with Gasteiger partial charge < -0.3 is 15.2 Å². The standard InChI is InChI=1S/C25H27ClN6O4S2/c1-14-10-20-21(12-28-14)37-23(29-20)25(34)32-9-8-31(13-17(32)4-3-7-27)38(35,36)24-22(15(2)33)18-11-16(26)5-6-19(18)30-24/h5-6,11,14,17,28,30H,3-4,8-10,12-13H2,1-2H3. The molecular weight excluding hydrogens is 548 g/mol. The molecule has 2 atom stereocenters. The Morgan fingerprint density at radius 2 is 2.11 bits per heavy atom. The van der Waals surface area contributed by atoms with Crippen LogP contribution in [0, 0.1) is 11.3 Å². The minimum atomic E-state index is -4.12. The van der Waals surface area contributed by atoms with E-state index in [0.717, 1.165) is 17.0 Å². The first-order chi connectivity index (χ1) is 18.1. The van der Waals surface area contributed by atoms with Crippen LogP contribution >= 0.6 is 22.9 Å². The Balaban J connectivity index is 1.44. The zero-order chi connectivity index (χ0) is 27.2. The molecule has 1 aromatic carbocycles. The summed E-state index contributed by atoms with van der Waals surface area (Å²) in [5, 5.41) is 13.6. The van der Waals surface area contributed by atoms with Crippen molar-refractivity contribution in [2.45, 2.75) is 56.8 Å². The number of piperazine rings is 1. The number of nitrogens with one attached hydrogen (secondary N) is 2. The van der Waals surface area contributed by atoms with Crippen molar-refractivity contribution in [3.8, 4) is 6.07 Å². The third-order valence-electron chi connectivity index (χ3n) is 7.04. The van der Waals surface area contributed by atoms with Crippen molar-refractivity contribution in [1.29, 1.82) is 5.26 Å². The first-order valence-electron chi connectivity index (χ1n) is 12.3. The van der Waals surface area contributed by atoms with Crippen molar-refractivity contribution in [2.75, 3.05) is 19.6 Å². The summed E-state index contributed by atoms with van der Waals surface area (Å²) in [5.74, 6) is -0.648. The zero-order valence-electron chi connectivity index (χ0n) is 21.0. The highest BCUT2D eigenvalue weighted by atomic mass is 35.5. The summed E-state index contributed by atoms with van der Waals surface area (Å²) < 4.78 is 28.9. The molecule has 0 radical (unpaired) electrons. The van der Waals surface area contributed by atoms with Gasteiger partial charge in [0.1, 0.15) is 0 Å². The fourth-order valence-corrected chi connectivity index (χ4v) is 7.99. The summed E-state index contributed by atoms with van der Waals surface area (Å²) >= 11 is 7.48. The molecule has 2 aliphatic rings. The van der Waals surface area contributed by atoms with Crippen LogP contribution in [0.5, 0.6) is 0 Å². The van der Waals surface area contributed by atoms with Gasteiger partial charge in [-0.1, -0.05) is 11.6 Å². The Kier molecular flexibility index (Phi) is 7.32. The number of fused-ring (bicyclic) bond motifs is 2. The minimum Gasteiger partial charge on any atom is -0.344 e. The summed E-state index contributed by atoms with van der Waals surface area (Å²) in [5.41, 5.74) is 1.48. The number of halogens is 1. The van der Waals surface area contributed by atoms with Crippen molar-refractivity contribution in [1.82, 2.24) is 24.5 Å². The van der Waals surface area contributed by atoms with Crippen LogP contribution in [0.1, 0.15) is 57.4 Å². The maximum Gasteiger partial charge on any atom is 0.283 e. The molecule has 4 heterocycles. The number of ketones is 1. The number of carbonyl (C=O) groups is 2. The zero-order valence-corrected chi connectivity index (χ0v) is 23.3. The SMILES string of the molecule is CC(=O)c1c(S(=O)(=O)N2CCN(C(=O)c3nc4c(s3)CNC(C)C4)C(CCC#N)C2)[nH]c2ccc(Cl)cc12. The van der Waals surface area contributed by atoms with Gasteiger partial charge in [-0.3, -0.25) is 9.59 Å². The van der Waals surface area contributed by atoms with Gasteiger partial charge in [0.25, 0.3) is 15.9 Å². The fourth-order valence-electron chi connectivity index (χ4n) is 5.13. The van der Waals surface area contributed by atoms with E-state index in [9.17, 15) is 23.3 Å². The Bertz CT molecular complexity index is 1570. The second-order valence-corrected chi connectivity index (χ2v) is 13.1. The Morgan fingerprint density at radius 3 is 2.84 bits per heavy atom. The van der Waals surface area contributed by atoms with Gasteiger partial charge in [0.15, 0.2) is 15.8 Å². The Labute approximate surface area is 229 Å². The van der Waals surface area contributed by atoms with Crippen molar-refractivity contribution >= 4 is 55.6 Å². The lowest BCUT2D eigenvalue weighted by molar-refractivity contribution is 0.0552. The lowest BCUT2D eigenvalue weighted by Crippen LogP contribution is -2.56. The largest absolute Gasteiger partial charge is 0.344 e. The monoisotopic (exact) mass is 574 g/mol. The van der Waals surface area contributed by atoms with E-state index in [1.165, 1.54) is 22.6 Å². The number of H-pyrrole nitrogens is 1. The van der Waals surface area contributed by atoms with Crippen molar-refractivity contribution in [3.05, 3.63) is 44.4 Å². The number of rotatable bonds is 6. The maximum absolute atomic E-state index is 13.8. The number of thiazole rings is 1. The predicted molar refractivity (Wildman–Crippen MR) is 144 cm³/mol. The number of aromatic amines is 1. The third kappa shape index (κ3) is 4.85. The molecule has 2 unspecified atom stereocenters. The second kappa shape index (κ2) is 10.4. The van der Waals surface area contributed by atoms with Gasteiger partial charge in [0.2, 0.25) is 0 Å². The normalized spacial score (nSPS) is 20.3. The molecule has 38 heavy (non-hydrogen) atoms. The highest BCUT2D eigenvalue weighted by molar-refractivity contribution is 7.89. The summed E-state index contributed by atoms with van der Waals surface area (Å²) in [6, 6.07) is 6.70. The quantitative estimate of drug-likeness (QED) is 0.430. The lowest BCUT2D eigenvalue weighted by Gasteiger charge is -2.40. The van der Waals surface area contributed by atoms with Gasteiger partial charge in [-0.2, -0.15) is 9.57 Å². The van der Waals surface area contributed by atoms with Crippen LogP contribution in [0.25, 0.3) is 10.9 Å². The van der Waals surface area contributed by atoms with Crippen molar-refractivity contribution in [2.24, 2.45) is 0 Å². The maximum atomic E-state index is 13.8. The molecule has 5 rings (SSSR count). The third-order valence-corrected chi connectivity index (χ3v) is 10.2. The molecule has 1 amide bonds. The van der Waals surface area contributed by atoms with Crippen LogP contribution in [0.2, 0.25) is 5.02 Å². The van der Waals surface area contributed by atoms with Gasteiger partial charge in [0.05, 0.1) is 17.3 Å². The number of hydrogen-bond acceptors (Lipinski definition) is 8. The number of sulfonamides is 1. The average Bonchev–Trinajstić information content (AvgIpc) is 3.48. The highest BCUT2D eigenvalue weighted by Gasteiger charge is 2.39. The highest BCUT2D eigenvalue weighted by Crippen LogP contribution is 2.32. The van der Waals surface area contributed by atoms with Crippen LogP contribution in [0.3, 0.4) is 0 Å². The van der Waals surface area contributed by atoms with E-state index in [1.807, 2.05) is 0 Å². The van der Waals surface area contributed by atoms with Crippen LogP contribution in [0.15, 0.2) is 23.2 Å². The molecular formula is C25H27ClN6O4S2. The van der Waals surface area contributed by atoms with Crippen LogP contribution in [-0.4, -0.2) is 71.0 Å². The number of Topliss-reactive ketones (excluding diaryl/α,β-unsaturated/α-hetero) is 1. The lowest BCUT2D eigenvalue weighted by atomic mass is 10.1. The van der Waals surface area contributed by atoms with E-state index in [2.05, 4.69) is 28.3 Å². The Hall–Kier alpha value is -2.82.